The Balaban J connectivity index is 1.70. The number of nitrogens with zero attached hydrogens (tertiary/aromatic N) is 5. The van der Waals surface area contributed by atoms with Crippen molar-refractivity contribution in [1.82, 2.24) is 20.0 Å². The van der Waals surface area contributed by atoms with Crippen molar-refractivity contribution in [2.24, 2.45) is 5.92 Å². The van der Waals surface area contributed by atoms with Crippen molar-refractivity contribution in [2.75, 3.05) is 32.6 Å². The molecule has 32 heavy (non-hydrogen) atoms. The van der Waals surface area contributed by atoms with Crippen LogP contribution in [0.3, 0.4) is 0 Å². The van der Waals surface area contributed by atoms with E-state index in [-0.39, 0.29) is 24.0 Å². The van der Waals surface area contributed by atoms with Gasteiger partial charge >= 0.3 is 0 Å². The van der Waals surface area contributed by atoms with Crippen LogP contribution in [-0.4, -0.2) is 59.8 Å². The summed E-state index contributed by atoms with van der Waals surface area (Å²) in [6.07, 6.45) is 8.77. The topological polar surface area (TPSA) is 84.6 Å². The molecular weight excluding hydrogens is 406 g/mol. The number of rotatable bonds is 5. The average Bonchev–Trinajstić information content (AvgIpc) is 3.16. The molecule has 0 spiro atoms. The lowest BCUT2D eigenvalue weighted by molar-refractivity contribution is -0.141. The van der Waals surface area contributed by atoms with Crippen LogP contribution >= 0.6 is 0 Å². The predicted octanol–water partition coefficient (Wildman–Crippen LogP) is 4.07. The minimum atomic E-state index is -0.0853. The third kappa shape index (κ3) is 4.37. The fourth-order valence-corrected chi connectivity index (χ4v) is 4.96. The summed E-state index contributed by atoms with van der Waals surface area (Å²) in [4.78, 5) is 27.1. The Labute approximate surface area is 190 Å². The summed E-state index contributed by atoms with van der Waals surface area (Å²) < 4.78 is 11.2. The van der Waals surface area contributed by atoms with Crippen molar-refractivity contribution in [2.45, 2.75) is 70.9 Å². The number of methoxy groups -OCH3 is 1. The van der Waals surface area contributed by atoms with Gasteiger partial charge < -0.3 is 19.1 Å². The zero-order valence-corrected chi connectivity index (χ0v) is 19.9. The third-order valence-corrected chi connectivity index (χ3v) is 7.07. The van der Waals surface area contributed by atoms with Crippen molar-refractivity contribution in [3.05, 3.63) is 23.1 Å². The van der Waals surface area contributed by atoms with Gasteiger partial charge in [-0.25, -0.2) is 9.97 Å². The molecule has 2 aromatic heterocycles. The minimum Gasteiger partial charge on any atom is -0.381 e. The zero-order valence-electron chi connectivity index (χ0n) is 19.9. The zero-order chi connectivity index (χ0) is 22.8. The number of anilines is 1. The highest BCUT2D eigenvalue weighted by atomic mass is 16.5. The maximum atomic E-state index is 13.7. The largest absolute Gasteiger partial charge is 0.381 e. The van der Waals surface area contributed by atoms with Gasteiger partial charge in [0, 0.05) is 45.4 Å². The number of hydrogen-bond donors (Lipinski definition) is 0. The third-order valence-electron chi connectivity index (χ3n) is 7.07. The highest BCUT2D eigenvalue weighted by Crippen LogP contribution is 2.39. The van der Waals surface area contributed by atoms with E-state index < -0.39 is 0 Å². The number of carbonyl (C=O) groups excluding carboxylic acids is 1. The summed E-state index contributed by atoms with van der Waals surface area (Å²) in [5.74, 6) is 1.65. The average molecular weight is 442 g/mol. The predicted molar refractivity (Wildman–Crippen MR) is 122 cm³/mol. The molecule has 8 heteroatoms. The molecule has 1 amide bonds. The number of ether oxygens (including phenoxy) is 1. The van der Waals surface area contributed by atoms with Crippen LogP contribution in [0.25, 0.3) is 11.3 Å². The molecule has 2 aliphatic rings. The van der Waals surface area contributed by atoms with Crippen LogP contribution in [0.2, 0.25) is 0 Å². The van der Waals surface area contributed by atoms with Gasteiger partial charge in [-0.3, -0.25) is 4.79 Å². The quantitative estimate of drug-likeness (QED) is 0.691. The number of piperidine rings is 1. The van der Waals surface area contributed by atoms with Gasteiger partial charge in [0.15, 0.2) is 5.76 Å². The van der Waals surface area contributed by atoms with E-state index in [4.69, 9.17) is 14.2 Å². The van der Waals surface area contributed by atoms with E-state index in [1.54, 1.807) is 7.11 Å². The highest BCUT2D eigenvalue weighted by Gasteiger charge is 2.37. The molecule has 1 saturated carbocycles. The second-order valence-corrected chi connectivity index (χ2v) is 9.34. The Morgan fingerprint density at radius 2 is 1.91 bits per heavy atom. The van der Waals surface area contributed by atoms with Gasteiger partial charge in [0.25, 0.3) is 0 Å². The van der Waals surface area contributed by atoms with Crippen molar-refractivity contribution in [3.8, 4) is 11.3 Å². The Morgan fingerprint density at radius 3 is 2.53 bits per heavy atom. The van der Waals surface area contributed by atoms with Crippen molar-refractivity contribution in [1.29, 1.82) is 0 Å². The van der Waals surface area contributed by atoms with Gasteiger partial charge in [-0.05, 0) is 58.8 Å². The monoisotopic (exact) mass is 441 g/mol. The second kappa shape index (κ2) is 9.57. The molecule has 174 valence electrons. The summed E-state index contributed by atoms with van der Waals surface area (Å²) in [6, 6.07) is -0.0853. The fourth-order valence-electron chi connectivity index (χ4n) is 4.96. The van der Waals surface area contributed by atoms with E-state index in [9.17, 15) is 4.79 Å². The van der Waals surface area contributed by atoms with Gasteiger partial charge in [-0.15, -0.1) is 0 Å². The van der Waals surface area contributed by atoms with Gasteiger partial charge in [0.05, 0.1) is 29.1 Å². The van der Waals surface area contributed by atoms with Crippen LogP contribution in [0.1, 0.15) is 67.9 Å². The first kappa shape index (κ1) is 22.7. The molecule has 8 nitrogen and oxygen atoms in total. The Hall–Kier alpha value is -2.48. The SMILES string of the molecule is COC1CCC(C(=O)N2CCCC[C@H]2c2nc(N(C)C)ncc2-c2onc(C)c2C)CC1. The van der Waals surface area contributed by atoms with Crippen LogP contribution in [0.4, 0.5) is 5.95 Å². The molecule has 2 fully saturated rings. The van der Waals surface area contributed by atoms with E-state index in [0.717, 1.165) is 74.0 Å². The van der Waals surface area contributed by atoms with Crippen LogP contribution in [0.15, 0.2) is 10.7 Å². The maximum Gasteiger partial charge on any atom is 0.226 e. The molecule has 1 atom stereocenters. The molecule has 0 radical (unpaired) electrons. The van der Waals surface area contributed by atoms with Gasteiger partial charge in [0.2, 0.25) is 11.9 Å². The van der Waals surface area contributed by atoms with Gasteiger partial charge in [-0.2, -0.15) is 0 Å². The highest BCUT2D eigenvalue weighted by molar-refractivity contribution is 5.80. The van der Waals surface area contributed by atoms with E-state index in [1.807, 2.05) is 39.0 Å². The Bertz CT molecular complexity index is 949. The molecule has 1 saturated heterocycles. The summed E-state index contributed by atoms with van der Waals surface area (Å²) >= 11 is 0. The van der Waals surface area contributed by atoms with Crippen molar-refractivity contribution in [3.63, 3.8) is 0 Å². The van der Waals surface area contributed by atoms with E-state index in [1.165, 1.54) is 0 Å². The lowest BCUT2D eigenvalue weighted by atomic mass is 9.85. The van der Waals surface area contributed by atoms with Crippen molar-refractivity contribution < 1.29 is 14.1 Å². The lowest BCUT2D eigenvalue weighted by Gasteiger charge is -2.39. The first-order valence-electron chi connectivity index (χ1n) is 11.7. The number of amides is 1. The number of aromatic nitrogens is 3. The first-order chi connectivity index (χ1) is 15.4. The van der Waals surface area contributed by atoms with Gasteiger partial charge in [-0.1, -0.05) is 5.16 Å². The second-order valence-electron chi connectivity index (χ2n) is 9.34. The van der Waals surface area contributed by atoms with Gasteiger partial charge in [0.1, 0.15) is 0 Å². The first-order valence-corrected chi connectivity index (χ1v) is 11.7. The molecule has 0 N–H and O–H groups in total. The van der Waals surface area contributed by atoms with E-state index in [0.29, 0.717) is 11.7 Å². The number of carbonyl (C=O) groups is 1. The molecular formula is C24H35N5O3. The van der Waals surface area contributed by atoms with Crippen LogP contribution in [-0.2, 0) is 9.53 Å². The summed E-state index contributed by atoms with van der Waals surface area (Å²) in [5.41, 5.74) is 3.54. The fraction of sp³-hybridized carbons (Fsp3) is 0.667. The Kier molecular flexibility index (Phi) is 6.79. The van der Waals surface area contributed by atoms with Crippen molar-refractivity contribution >= 4 is 11.9 Å². The summed E-state index contributed by atoms with van der Waals surface area (Å²) in [5, 5.41) is 4.15. The normalized spacial score (nSPS) is 23.9. The molecule has 1 aliphatic heterocycles. The lowest BCUT2D eigenvalue weighted by Crippen LogP contribution is -2.43. The van der Waals surface area contributed by atoms with E-state index in [2.05, 4.69) is 15.0 Å². The molecule has 2 aromatic rings. The summed E-state index contributed by atoms with van der Waals surface area (Å²) in [6.45, 7) is 4.70. The van der Waals surface area contributed by atoms with Crippen LogP contribution < -0.4 is 4.90 Å². The maximum absolute atomic E-state index is 13.7. The molecule has 0 unspecified atom stereocenters. The molecule has 3 heterocycles. The van der Waals surface area contributed by atoms with E-state index >= 15 is 0 Å². The van der Waals surface area contributed by atoms with Crippen LogP contribution in [0, 0.1) is 19.8 Å². The molecule has 1 aliphatic carbocycles. The number of hydrogen-bond acceptors (Lipinski definition) is 7. The molecule has 0 aromatic carbocycles. The molecule has 0 bridgehead atoms. The number of aryl methyl sites for hydroxylation is 1. The number of likely N-dealkylation sites (tertiary alicyclic amines) is 1. The smallest absolute Gasteiger partial charge is 0.226 e. The molecule has 4 rings (SSSR count). The minimum absolute atomic E-state index is 0.0647. The summed E-state index contributed by atoms with van der Waals surface area (Å²) in [7, 11) is 5.63. The van der Waals surface area contributed by atoms with Crippen LogP contribution in [0.5, 0.6) is 0 Å². The standard InChI is InChI=1S/C24H35N5O3/c1-15-16(2)27-32-22(15)19-14-25-24(28(3)4)26-21(19)20-8-6-7-13-29(20)23(30)17-9-11-18(31-5)12-10-17/h14,17-18,20H,6-13H2,1-5H3/t17?,18?,20-/m0/s1. The Morgan fingerprint density at radius 1 is 1.16 bits per heavy atom.